The second-order valence-corrected chi connectivity index (χ2v) is 7.70. The van der Waals surface area contributed by atoms with Gasteiger partial charge in [-0.05, 0) is 71.9 Å². The molecule has 4 rings (SSSR count). The van der Waals surface area contributed by atoms with Crippen molar-refractivity contribution in [3.05, 3.63) is 59.7 Å². The predicted octanol–water partition coefficient (Wildman–Crippen LogP) is 4.96. The van der Waals surface area contributed by atoms with Gasteiger partial charge in [0.1, 0.15) is 17.3 Å². The van der Waals surface area contributed by atoms with Crippen LogP contribution in [0.15, 0.2) is 48.5 Å². The highest BCUT2D eigenvalue weighted by Crippen LogP contribution is 2.53. The maximum atomic E-state index is 12.5. The molecular formula is C23H26O3. The summed E-state index contributed by atoms with van der Waals surface area (Å²) in [5, 5.41) is 0. The van der Waals surface area contributed by atoms with Crippen LogP contribution < -0.4 is 9.47 Å². The van der Waals surface area contributed by atoms with Crippen LogP contribution >= 0.6 is 0 Å². The molecule has 0 bridgehead atoms. The second-order valence-electron chi connectivity index (χ2n) is 7.70. The van der Waals surface area contributed by atoms with Gasteiger partial charge >= 0.3 is 0 Å². The van der Waals surface area contributed by atoms with Crippen molar-refractivity contribution in [2.75, 3.05) is 14.2 Å². The van der Waals surface area contributed by atoms with Gasteiger partial charge in [0.15, 0.2) is 0 Å². The summed E-state index contributed by atoms with van der Waals surface area (Å²) in [6.45, 7) is 0. The number of benzene rings is 2. The highest BCUT2D eigenvalue weighted by molar-refractivity contribution is 5.80. The summed E-state index contributed by atoms with van der Waals surface area (Å²) in [5.41, 5.74) is 2.68. The first-order valence-corrected chi connectivity index (χ1v) is 9.47. The van der Waals surface area contributed by atoms with Gasteiger partial charge in [0.05, 0.1) is 14.2 Å². The van der Waals surface area contributed by atoms with Gasteiger partial charge in [-0.25, -0.2) is 0 Å². The molecule has 4 atom stereocenters. The van der Waals surface area contributed by atoms with Crippen LogP contribution in [0.4, 0.5) is 0 Å². The van der Waals surface area contributed by atoms with E-state index in [2.05, 4.69) is 24.3 Å². The van der Waals surface area contributed by atoms with E-state index in [-0.39, 0.29) is 0 Å². The first-order valence-electron chi connectivity index (χ1n) is 9.47. The number of ketones is 1. The molecule has 0 heterocycles. The minimum absolute atomic E-state index is 0.437. The summed E-state index contributed by atoms with van der Waals surface area (Å²) in [6.07, 6.45) is 3.76. The Morgan fingerprint density at radius 3 is 1.50 bits per heavy atom. The van der Waals surface area contributed by atoms with E-state index in [1.54, 1.807) is 14.2 Å². The van der Waals surface area contributed by atoms with Crippen LogP contribution in [0.1, 0.15) is 48.6 Å². The molecule has 0 saturated heterocycles. The average Bonchev–Trinajstić information content (AvgIpc) is 3.59. The third-order valence-corrected chi connectivity index (χ3v) is 5.91. The van der Waals surface area contributed by atoms with Gasteiger partial charge in [-0.3, -0.25) is 4.79 Å². The molecular weight excluding hydrogens is 324 g/mol. The SMILES string of the molecule is COc1ccc([C@@H]2C[C@H]2CC(=O)C[C@@H]2C[C@H]2c2ccc(OC)cc2)cc1. The lowest BCUT2D eigenvalue weighted by atomic mass is 10.0. The Balaban J connectivity index is 1.24. The molecule has 136 valence electrons. The Labute approximate surface area is 155 Å². The van der Waals surface area contributed by atoms with Crippen molar-refractivity contribution >= 4 is 5.78 Å². The summed E-state index contributed by atoms with van der Waals surface area (Å²) >= 11 is 0. The molecule has 26 heavy (non-hydrogen) atoms. The summed E-state index contributed by atoms with van der Waals surface area (Å²) in [5.74, 6) is 4.40. The molecule has 0 N–H and O–H groups in total. The Bertz CT molecular complexity index is 698. The summed E-state index contributed by atoms with van der Waals surface area (Å²) in [7, 11) is 3.37. The summed E-state index contributed by atoms with van der Waals surface area (Å²) in [4.78, 5) is 12.5. The number of Topliss-reactive ketones (excluding diaryl/α,β-unsaturated/α-hetero) is 1. The average molecular weight is 350 g/mol. The first-order chi connectivity index (χ1) is 12.7. The minimum atomic E-state index is 0.437. The van der Waals surface area contributed by atoms with Crippen molar-refractivity contribution in [1.82, 2.24) is 0 Å². The molecule has 2 aromatic rings. The molecule has 0 radical (unpaired) electrons. The van der Waals surface area contributed by atoms with E-state index in [1.807, 2.05) is 24.3 Å². The van der Waals surface area contributed by atoms with Crippen LogP contribution in [-0.2, 0) is 4.79 Å². The largest absolute Gasteiger partial charge is 0.497 e. The highest BCUT2D eigenvalue weighted by Gasteiger charge is 2.43. The smallest absolute Gasteiger partial charge is 0.133 e. The van der Waals surface area contributed by atoms with Crippen molar-refractivity contribution in [1.29, 1.82) is 0 Å². The van der Waals surface area contributed by atoms with E-state index in [1.165, 1.54) is 11.1 Å². The zero-order chi connectivity index (χ0) is 18.1. The fraction of sp³-hybridized carbons (Fsp3) is 0.435. The number of hydrogen-bond donors (Lipinski definition) is 0. The summed E-state index contributed by atoms with van der Waals surface area (Å²) < 4.78 is 10.4. The molecule has 0 amide bonds. The van der Waals surface area contributed by atoms with Crippen LogP contribution in [0.3, 0.4) is 0 Å². The van der Waals surface area contributed by atoms with E-state index >= 15 is 0 Å². The maximum Gasteiger partial charge on any atom is 0.133 e. The van der Waals surface area contributed by atoms with Crippen LogP contribution in [-0.4, -0.2) is 20.0 Å². The highest BCUT2D eigenvalue weighted by atomic mass is 16.5. The molecule has 3 nitrogen and oxygen atoms in total. The monoisotopic (exact) mass is 350 g/mol. The molecule has 0 aromatic heterocycles. The van der Waals surface area contributed by atoms with E-state index in [0.29, 0.717) is 29.5 Å². The molecule has 3 heteroatoms. The molecule has 2 aromatic carbocycles. The number of ether oxygens (including phenoxy) is 2. The lowest BCUT2D eigenvalue weighted by molar-refractivity contribution is -0.119. The van der Waals surface area contributed by atoms with Crippen molar-refractivity contribution < 1.29 is 14.3 Å². The Morgan fingerprint density at radius 2 is 1.15 bits per heavy atom. The Morgan fingerprint density at radius 1 is 0.769 bits per heavy atom. The van der Waals surface area contributed by atoms with Crippen molar-refractivity contribution in [2.45, 2.75) is 37.5 Å². The lowest BCUT2D eigenvalue weighted by Gasteiger charge is -2.04. The van der Waals surface area contributed by atoms with E-state index in [0.717, 1.165) is 37.2 Å². The van der Waals surface area contributed by atoms with E-state index in [9.17, 15) is 4.79 Å². The zero-order valence-electron chi connectivity index (χ0n) is 15.5. The van der Waals surface area contributed by atoms with Gasteiger partial charge in [0.25, 0.3) is 0 Å². The van der Waals surface area contributed by atoms with Gasteiger partial charge in [0, 0.05) is 12.8 Å². The van der Waals surface area contributed by atoms with Gasteiger partial charge in [-0.15, -0.1) is 0 Å². The normalized spacial score (nSPS) is 26.2. The topological polar surface area (TPSA) is 35.5 Å². The zero-order valence-corrected chi connectivity index (χ0v) is 15.5. The molecule has 2 aliphatic rings. The first kappa shape index (κ1) is 17.1. The lowest BCUT2D eigenvalue weighted by Crippen LogP contribution is -2.02. The van der Waals surface area contributed by atoms with E-state index in [4.69, 9.17) is 9.47 Å². The van der Waals surface area contributed by atoms with Gasteiger partial charge in [-0.2, -0.15) is 0 Å². The number of carbonyl (C=O) groups is 1. The van der Waals surface area contributed by atoms with Crippen molar-refractivity contribution in [2.24, 2.45) is 11.8 Å². The van der Waals surface area contributed by atoms with Crippen LogP contribution in [0.2, 0.25) is 0 Å². The quantitative estimate of drug-likeness (QED) is 0.675. The number of rotatable bonds is 8. The summed E-state index contributed by atoms with van der Waals surface area (Å²) in [6, 6.07) is 16.6. The van der Waals surface area contributed by atoms with Crippen molar-refractivity contribution in [3.8, 4) is 11.5 Å². The Kier molecular flexibility index (Phi) is 4.71. The van der Waals surface area contributed by atoms with Crippen LogP contribution in [0.5, 0.6) is 11.5 Å². The second kappa shape index (κ2) is 7.14. The number of carbonyl (C=O) groups excluding carboxylic acids is 1. The Hall–Kier alpha value is -2.29. The predicted molar refractivity (Wildman–Crippen MR) is 102 cm³/mol. The van der Waals surface area contributed by atoms with Crippen LogP contribution in [0, 0.1) is 11.8 Å². The maximum absolute atomic E-state index is 12.5. The third-order valence-electron chi connectivity index (χ3n) is 5.91. The minimum Gasteiger partial charge on any atom is -0.497 e. The molecule has 2 aliphatic carbocycles. The van der Waals surface area contributed by atoms with E-state index < -0.39 is 0 Å². The molecule has 2 saturated carbocycles. The fourth-order valence-electron chi connectivity index (χ4n) is 4.13. The van der Waals surface area contributed by atoms with Gasteiger partial charge in [0.2, 0.25) is 0 Å². The molecule has 0 unspecified atom stereocenters. The van der Waals surface area contributed by atoms with Gasteiger partial charge in [-0.1, -0.05) is 24.3 Å². The third kappa shape index (κ3) is 3.77. The standard InChI is InChI=1S/C23H26O3/c1-25-20-7-3-15(4-8-20)22-13-17(22)11-19(24)12-18-14-23(18)16-5-9-21(26-2)10-6-16/h3-10,17-18,22-23H,11-14H2,1-2H3/t17-,18-,22+,23+/m1/s1. The molecule has 0 spiro atoms. The number of methoxy groups -OCH3 is 2. The fourth-order valence-corrected chi connectivity index (χ4v) is 4.13. The van der Waals surface area contributed by atoms with Gasteiger partial charge < -0.3 is 9.47 Å². The van der Waals surface area contributed by atoms with Crippen LogP contribution in [0.25, 0.3) is 0 Å². The molecule has 2 fully saturated rings. The molecule has 0 aliphatic heterocycles. The number of hydrogen-bond acceptors (Lipinski definition) is 3. The van der Waals surface area contributed by atoms with Crippen molar-refractivity contribution in [3.63, 3.8) is 0 Å².